The summed E-state index contributed by atoms with van der Waals surface area (Å²) >= 11 is 0. The van der Waals surface area contributed by atoms with Gasteiger partial charge >= 0.3 is 0 Å². The van der Waals surface area contributed by atoms with Gasteiger partial charge in [-0.3, -0.25) is 4.90 Å². The predicted molar refractivity (Wildman–Crippen MR) is 68.1 cm³/mol. The average molecular weight is 241 g/mol. The molecule has 0 radical (unpaired) electrons. The maximum Gasteiger partial charge on any atom is 0.158 e. The molecular formula is C13H15N5. The van der Waals surface area contributed by atoms with E-state index in [2.05, 4.69) is 31.9 Å². The van der Waals surface area contributed by atoms with Crippen molar-refractivity contribution in [3.05, 3.63) is 30.2 Å². The Labute approximate surface area is 106 Å². The van der Waals surface area contributed by atoms with E-state index in [9.17, 15) is 0 Å². The van der Waals surface area contributed by atoms with Crippen LogP contribution in [0.25, 0.3) is 0 Å². The molecule has 1 saturated heterocycles. The van der Waals surface area contributed by atoms with E-state index >= 15 is 0 Å². The highest BCUT2D eigenvalue weighted by molar-refractivity contribution is 5.39. The molecule has 92 valence electrons. The average Bonchev–Trinajstić information content (AvgIpc) is 3.09. The minimum Gasteiger partial charge on any atom is -0.354 e. The van der Waals surface area contributed by atoms with Crippen molar-refractivity contribution in [3.63, 3.8) is 0 Å². The molecule has 5 heteroatoms. The van der Waals surface area contributed by atoms with Crippen molar-refractivity contribution in [1.82, 2.24) is 14.9 Å². The first kappa shape index (κ1) is 11.2. The number of hydrogen-bond acceptors (Lipinski definition) is 5. The number of hydrogen-bond donors (Lipinski definition) is 0. The van der Waals surface area contributed by atoms with Gasteiger partial charge in [-0.25, -0.2) is 9.97 Å². The zero-order valence-corrected chi connectivity index (χ0v) is 10.2. The molecule has 0 aliphatic carbocycles. The van der Waals surface area contributed by atoms with Crippen molar-refractivity contribution in [2.24, 2.45) is 0 Å². The van der Waals surface area contributed by atoms with Gasteiger partial charge in [0, 0.05) is 32.2 Å². The van der Waals surface area contributed by atoms with Gasteiger partial charge in [0.1, 0.15) is 11.9 Å². The van der Waals surface area contributed by atoms with Crippen molar-refractivity contribution in [2.45, 2.75) is 12.5 Å². The molecule has 1 fully saturated rings. The molecule has 0 saturated carbocycles. The van der Waals surface area contributed by atoms with Gasteiger partial charge in [-0.05, 0) is 6.42 Å². The maximum atomic E-state index is 8.70. The van der Waals surface area contributed by atoms with E-state index in [-0.39, 0.29) is 0 Å². The summed E-state index contributed by atoms with van der Waals surface area (Å²) in [5.74, 6) is 0.878. The summed E-state index contributed by atoms with van der Waals surface area (Å²) in [6.07, 6.45) is 8.86. The van der Waals surface area contributed by atoms with Crippen molar-refractivity contribution in [3.8, 4) is 6.07 Å². The summed E-state index contributed by atoms with van der Waals surface area (Å²) in [7, 11) is 0. The highest BCUT2D eigenvalue weighted by Gasteiger charge is 2.28. The van der Waals surface area contributed by atoms with Crippen molar-refractivity contribution in [2.75, 3.05) is 31.1 Å². The predicted octanol–water partition coefficient (Wildman–Crippen LogP) is 0.799. The number of rotatable bonds is 2. The quantitative estimate of drug-likeness (QED) is 0.717. The Morgan fingerprint density at radius 2 is 2.06 bits per heavy atom. The molecule has 2 aliphatic rings. The molecule has 1 aromatic heterocycles. The topological polar surface area (TPSA) is 56.1 Å². The highest BCUT2D eigenvalue weighted by atomic mass is 15.3. The third-order valence-corrected chi connectivity index (χ3v) is 3.60. The first-order valence-electron chi connectivity index (χ1n) is 6.23. The molecule has 2 aliphatic heterocycles. The van der Waals surface area contributed by atoms with Crippen LogP contribution in [-0.4, -0.2) is 47.1 Å². The lowest BCUT2D eigenvalue weighted by molar-refractivity contribution is 0.271. The van der Waals surface area contributed by atoms with Crippen molar-refractivity contribution >= 4 is 5.82 Å². The van der Waals surface area contributed by atoms with Gasteiger partial charge in [0.2, 0.25) is 0 Å². The zero-order chi connectivity index (χ0) is 12.4. The minimum atomic E-state index is 0.373. The third-order valence-electron chi connectivity index (χ3n) is 3.60. The Morgan fingerprint density at radius 1 is 1.22 bits per heavy atom. The zero-order valence-electron chi connectivity index (χ0n) is 10.2. The summed E-state index contributed by atoms with van der Waals surface area (Å²) in [4.78, 5) is 13.1. The van der Waals surface area contributed by atoms with Crippen LogP contribution in [0.4, 0.5) is 5.82 Å². The SMILES string of the molecule is N#Cc1cnc(N2CCC(N3CC=CC3)C2)cn1. The Morgan fingerprint density at radius 3 is 2.72 bits per heavy atom. The normalized spacial score (nSPS) is 23.5. The number of aromatic nitrogens is 2. The number of anilines is 1. The van der Waals surface area contributed by atoms with Crippen molar-refractivity contribution < 1.29 is 0 Å². The summed E-state index contributed by atoms with van der Waals surface area (Å²) in [6.45, 7) is 4.15. The molecule has 3 rings (SSSR count). The monoisotopic (exact) mass is 241 g/mol. The van der Waals surface area contributed by atoms with E-state index in [0.717, 1.165) is 32.0 Å². The van der Waals surface area contributed by atoms with Gasteiger partial charge in [-0.1, -0.05) is 12.2 Å². The van der Waals surface area contributed by atoms with Gasteiger partial charge in [0.05, 0.1) is 12.4 Å². The lowest BCUT2D eigenvalue weighted by Crippen LogP contribution is -2.35. The molecule has 0 aromatic carbocycles. The van der Waals surface area contributed by atoms with E-state index in [4.69, 9.17) is 5.26 Å². The summed E-state index contributed by atoms with van der Waals surface area (Å²) in [5.41, 5.74) is 0.373. The smallest absolute Gasteiger partial charge is 0.158 e. The van der Waals surface area contributed by atoms with Crippen LogP contribution in [0.15, 0.2) is 24.5 Å². The molecule has 3 heterocycles. The molecule has 18 heavy (non-hydrogen) atoms. The maximum absolute atomic E-state index is 8.70. The van der Waals surface area contributed by atoms with Crippen LogP contribution in [0.2, 0.25) is 0 Å². The summed E-state index contributed by atoms with van der Waals surface area (Å²) in [5, 5.41) is 8.70. The fourth-order valence-corrected chi connectivity index (χ4v) is 2.58. The van der Waals surface area contributed by atoms with Crippen LogP contribution >= 0.6 is 0 Å². The molecule has 0 bridgehead atoms. The molecule has 0 amide bonds. The molecule has 5 nitrogen and oxygen atoms in total. The van der Waals surface area contributed by atoms with E-state index in [1.807, 2.05) is 6.07 Å². The van der Waals surface area contributed by atoms with Crippen LogP contribution in [0.3, 0.4) is 0 Å². The van der Waals surface area contributed by atoms with E-state index < -0.39 is 0 Å². The highest BCUT2D eigenvalue weighted by Crippen LogP contribution is 2.21. The van der Waals surface area contributed by atoms with Crippen LogP contribution in [-0.2, 0) is 0 Å². The lowest BCUT2D eigenvalue weighted by atomic mass is 10.2. The van der Waals surface area contributed by atoms with E-state index in [0.29, 0.717) is 11.7 Å². The Balaban J connectivity index is 1.65. The van der Waals surface area contributed by atoms with Crippen LogP contribution < -0.4 is 4.90 Å². The van der Waals surface area contributed by atoms with Gasteiger partial charge in [-0.2, -0.15) is 5.26 Å². The van der Waals surface area contributed by atoms with Crippen LogP contribution in [0.1, 0.15) is 12.1 Å². The number of nitriles is 1. The summed E-state index contributed by atoms with van der Waals surface area (Å²) in [6, 6.07) is 2.60. The van der Waals surface area contributed by atoms with Gasteiger partial charge in [0.15, 0.2) is 5.69 Å². The Kier molecular flexibility index (Phi) is 2.95. The fraction of sp³-hybridized carbons (Fsp3) is 0.462. The molecule has 0 N–H and O–H groups in total. The van der Waals surface area contributed by atoms with Gasteiger partial charge in [-0.15, -0.1) is 0 Å². The van der Waals surface area contributed by atoms with Gasteiger partial charge in [0.25, 0.3) is 0 Å². The van der Waals surface area contributed by atoms with Crippen molar-refractivity contribution in [1.29, 1.82) is 5.26 Å². The Hall–Kier alpha value is -1.93. The molecule has 1 unspecified atom stereocenters. The van der Waals surface area contributed by atoms with Crippen LogP contribution in [0.5, 0.6) is 0 Å². The largest absolute Gasteiger partial charge is 0.354 e. The molecular weight excluding hydrogens is 226 g/mol. The van der Waals surface area contributed by atoms with E-state index in [1.54, 1.807) is 12.4 Å². The first-order chi connectivity index (χ1) is 8.86. The van der Waals surface area contributed by atoms with Gasteiger partial charge < -0.3 is 4.90 Å². The molecule has 1 aromatic rings. The second-order valence-electron chi connectivity index (χ2n) is 4.69. The molecule has 0 spiro atoms. The fourth-order valence-electron chi connectivity index (χ4n) is 2.58. The second kappa shape index (κ2) is 4.75. The standard InChI is InChI=1S/C13H15N5/c14-7-11-8-16-13(9-15-11)18-6-3-12(10-18)17-4-1-2-5-17/h1-2,8-9,12H,3-6,10H2. The first-order valence-corrected chi connectivity index (χ1v) is 6.23. The Bertz CT molecular complexity index is 479. The van der Waals surface area contributed by atoms with Crippen LogP contribution in [0, 0.1) is 11.3 Å². The van der Waals surface area contributed by atoms with E-state index in [1.165, 1.54) is 6.42 Å². The molecule has 1 atom stereocenters. The minimum absolute atomic E-state index is 0.373. The third kappa shape index (κ3) is 2.07. The lowest BCUT2D eigenvalue weighted by Gasteiger charge is -2.23. The summed E-state index contributed by atoms with van der Waals surface area (Å²) < 4.78 is 0. The second-order valence-corrected chi connectivity index (χ2v) is 4.69. The number of nitrogens with zero attached hydrogens (tertiary/aromatic N) is 5.